The van der Waals surface area contributed by atoms with Gasteiger partial charge in [0.15, 0.2) is 5.65 Å². The molecule has 5 rings (SSSR count). The van der Waals surface area contributed by atoms with Crippen LogP contribution in [0, 0.1) is 0 Å². The first-order chi connectivity index (χ1) is 16.9. The second-order valence-electron chi connectivity index (χ2n) is 8.89. The number of anilines is 1. The third-order valence-electron chi connectivity index (χ3n) is 6.19. The van der Waals surface area contributed by atoms with Crippen molar-refractivity contribution in [2.24, 2.45) is 10.7 Å². The van der Waals surface area contributed by atoms with E-state index in [0.29, 0.717) is 43.3 Å². The summed E-state index contributed by atoms with van der Waals surface area (Å²) >= 11 is 0. The van der Waals surface area contributed by atoms with Crippen LogP contribution in [0.5, 0.6) is 5.88 Å². The molecule has 184 valence electrons. The van der Waals surface area contributed by atoms with Crippen LogP contribution < -0.4 is 15.8 Å². The van der Waals surface area contributed by atoms with E-state index in [0.717, 1.165) is 28.2 Å². The largest absolute Gasteiger partial charge is 0.475 e. The van der Waals surface area contributed by atoms with E-state index in [1.54, 1.807) is 23.9 Å². The Balaban J connectivity index is 0.00000304. The van der Waals surface area contributed by atoms with Crippen molar-refractivity contribution in [2.45, 2.75) is 32.4 Å². The average Bonchev–Trinajstić information content (AvgIpc) is 3.37. The number of allylic oxidation sites excluding steroid dienone is 2. The summed E-state index contributed by atoms with van der Waals surface area (Å²) in [5.41, 5.74) is 11.4. The lowest BCUT2D eigenvalue weighted by Gasteiger charge is -2.25. The van der Waals surface area contributed by atoms with Crippen molar-refractivity contribution in [3.63, 3.8) is 0 Å². The molecule has 4 bridgehead atoms. The lowest BCUT2D eigenvalue weighted by Crippen LogP contribution is -2.41. The summed E-state index contributed by atoms with van der Waals surface area (Å²) in [7, 11) is 1.57. The van der Waals surface area contributed by atoms with Gasteiger partial charge in [0.25, 0.3) is 5.91 Å². The van der Waals surface area contributed by atoms with E-state index in [-0.39, 0.29) is 13.4 Å². The summed E-state index contributed by atoms with van der Waals surface area (Å²) in [5, 5.41) is 7.92. The van der Waals surface area contributed by atoms with Gasteiger partial charge in [-0.1, -0.05) is 0 Å². The number of benzene rings is 1. The highest BCUT2D eigenvalue weighted by Crippen LogP contribution is 2.32. The molecule has 0 radical (unpaired) electrons. The monoisotopic (exact) mass is 477 g/mol. The van der Waals surface area contributed by atoms with Crippen LogP contribution in [0.25, 0.3) is 16.8 Å². The molecule has 0 aliphatic carbocycles. The maximum Gasteiger partial charge on any atom is 0.252 e. The summed E-state index contributed by atoms with van der Waals surface area (Å²) in [5.74, 6) is 0.464. The molecule has 2 aliphatic rings. The first-order valence-corrected chi connectivity index (χ1v) is 11.6. The predicted octanol–water partition coefficient (Wildman–Crippen LogP) is 3.02. The van der Waals surface area contributed by atoms with Gasteiger partial charge in [-0.2, -0.15) is 10.1 Å². The van der Waals surface area contributed by atoms with E-state index in [4.69, 9.17) is 25.2 Å². The van der Waals surface area contributed by atoms with Crippen molar-refractivity contribution in [2.75, 3.05) is 32.1 Å². The van der Waals surface area contributed by atoms with Crippen LogP contribution in [-0.4, -0.2) is 70.1 Å². The minimum atomic E-state index is -0.456. The molecule has 10 heteroatoms. The molecule has 2 atom stereocenters. The summed E-state index contributed by atoms with van der Waals surface area (Å²) in [6.45, 7) is 5.18. The van der Waals surface area contributed by atoms with Crippen molar-refractivity contribution in [1.82, 2.24) is 19.5 Å². The van der Waals surface area contributed by atoms with Gasteiger partial charge in [0.2, 0.25) is 5.88 Å². The molecular weight excluding hydrogens is 446 g/mol. The van der Waals surface area contributed by atoms with Crippen molar-refractivity contribution in [3.8, 4) is 17.0 Å². The van der Waals surface area contributed by atoms with E-state index in [2.05, 4.69) is 10.4 Å². The minimum Gasteiger partial charge on any atom is -0.475 e. The Hall–Kier alpha value is -3.92. The number of hydrogen-bond acceptors (Lipinski definition) is 8. The lowest BCUT2D eigenvalue weighted by atomic mass is 10.1. The molecule has 0 spiro atoms. The molecule has 4 heterocycles. The van der Waals surface area contributed by atoms with Crippen molar-refractivity contribution < 1.29 is 15.7 Å². The Bertz CT molecular complexity index is 1330. The SMILES string of the molecule is CO[C@@H]1C[C@H]2COc3ccn4ncc(c4n3)-c3cc(N=C(C)/C=C(/C)N)cc(c3)NCCN2C1=O.[HH]. The van der Waals surface area contributed by atoms with Crippen LogP contribution in [0.4, 0.5) is 11.4 Å². The van der Waals surface area contributed by atoms with Crippen LogP contribution in [0.1, 0.15) is 21.7 Å². The smallest absolute Gasteiger partial charge is 0.252 e. The number of hydrogen-bond donors (Lipinski definition) is 2. The molecule has 2 aromatic heterocycles. The van der Waals surface area contributed by atoms with Gasteiger partial charge in [0.05, 0.1) is 17.9 Å². The quantitative estimate of drug-likeness (QED) is 0.557. The van der Waals surface area contributed by atoms with Crippen LogP contribution in [0.2, 0.25) is 0 Å². The first-order valence-electron chi connectivity index (χ1n) is 11.6. The molecule has 1 aromatic carbocycles. The van der Waals surface area contributed by atoms with Gasteiger partial charge in [0.1, 0.15) is 12.7 Å². The molecule has 35 heavy (non-hydrogen) atoms. The van der Waals surface area contributed by atoms with Gasteiger partial charge in [-0.15, -0.1) is 0 Å². The van der Waals surface area contributed by atoms with Crippen LogP contribution in [-0.2, 0) is 9.53 Å². The van der Waals surface area contributed by atoms with E-state index >= 15 is 0 Å². The van der Waals surface area contributed by atoms with Gasteiger partial charge < -0.3 is 25.4 Å². The van der Waals surface area contributed by atoms with Crippen LogP contribution >= 0.6 is 0 Å². The number of carbonyl (C=O) groups excluding carboxylic acids is 1. The number of fused-ring (bicyclic) bond motifs is 5. The second-order valence-corrected chi connectivity index (χ2v) is 8.89. The Kier molecular flexibility index (Phi) is 6.12. The Morgan fingerprint density at radius 3 is 3.03 bits per heavy atom. The Morgan fingerprint density at radius 2 is 2.23 bits per heavy atom. The van der Waals surface area contributed by atoms with Gasteiger partial charge >= 0.3 is 0 Å². The number of carbonyl (C=O) groups is 1. The molecule has 3 aromatic rings. The minimum absolute atomic E-state index is 0. The molecule has 1 fully saturated rings. The highest BCUT2D eigenvalue weighted by Gasteiger charge is 2.39. The molecule has 2 aliphatic heterocycles. The number of aromatic nitrogens is 3. The van der Waals surface area contributed by atoms with Crippen molar-refractivity contribution in [1.29, 1.82) is 0 Å². The number of rotatable bonds is 3. The Labute approximate surface area is 204 Å². The number of aliphatic imine (C=N–C) groups is 1. The van der Waals surface area contributed by atoms with Gasteiger partial charge in [-0.05, 0) is 43.7 Å². The third kappa shape index (κ3) is 4.69. The van der Waals surface area contributed by atoms with Crippen LogP contribution in [0.15, 0.2) is 53.4 Å². The van der Waals surface area contributed by atoms with E-state index in [1.165, 1.54) is 0 Å². The molecule has 0 unspecified atom stereocenters. The predicted molar refractivity (Wildman–Crippen MR) is 136 cm³/mol. The summed E-state index contributed by atoms with van der Waals surface area (Å²) in [4.78, 5) is 24.2. The zero-order valence-electron chi connectivity index (χ0n) is 20.1. The number of ether oxygens (including phenoxy) is 2. The second kappa shape index (κ2) is 9.38. The molecule has 0 saturated carbocycles. The molecular formula is C25H31N7O3. The maximum atomic E-state index is 12.9. The zero-order chi connectivity index (χ0) is 24.5. The standard InChI is InChI=1S/C25H29N7O3.H2/c1-15(26)8-16(2)29-19-10-17-9-18(11-19)27-5-7-31-20(12-22(34-3)25(31)33)14-35-23-4-6-32-24(30-23)21(17)13-28-32;/h4,6,8-11,13,20,22,27H,5,7,12,14,26H2,1-3H3;1H/b15-8-,29-16?;/t20-,22+;/m0./s1. The van der Waals surface area contributed by atoms with E-state index in [1.807, 2.05) is 49.2 Å². The highest BCUT2D eigenvalue weighted by atomic mass is 16.5. The topological polar surface area (TPSA) is 119 Å². The number of amides is 1. The number of nitrogens with one attached hydrogen (secondary N) is 1. The molecule has 10 nitrogen and oxygen atoms in total. The molecule has 1 amide bonds. The lowest BCUT2D eigenvalue weighted by molar-refractivity contribution is -0.136. The van der Waals surface area contributed by atoms with E-state index in [9.17, 15) is 4.79 Å². The highest BCUT2D eigenvalue weighted by molar-refractivity contribution is 5.95. The normalized spacial score (nSPS) is 21.0. The van der Waals surface area contributed by atoms with Crippen molar-refractivity contribution >= 4 is 28.6 Å². The molecule has 1 saturated heterocycles. The fourth-order valence-electron chi connectivity index (χ4n) is 4.63. The first kappa shape index (κ1) is 22.9. The average molecular weight is 478 g/mol. The van der Waals surface area contributed by atoms with Gasteiger partial charge in [-0.3, -0.25) is 9.79 Å². The number of nitrogens with zero attached hydrogens (tertiary/aromatic N) is 5. The summed E-state index contributed by atoms with van der Waals surface area (Å²) < 4.78 is 13.2. The fourth-order valence-corrected chi connectivity index (χ4v) is 4.63. The van der Waals surface area contributed by atoms with Gasteiger partial charge in [-0.25, -0.2) is 4.52 Å². The van der Waals surface area contributed by atoms with E-state index < -0.39 is 6.10 Å². The van der Waals surface area contributed by atoms with Gasteiger partial charge in [0, 0.05) is 63.0 Å². The summed E-state index contributed by atoms with van der Waals surface area (Å²) in [6.07, 6.45) is 5.57. The van der Waals surface area contributed by atoms with Crippen LogP contribution in [0.3, 0.4) is 0 Å². The number of nitrogens with two attached hydrogens (primary N) is 1. The maximum absolute atomic E-state index is 12.9. The van der Waals surface area contributed by atoms with Crippen molar-refractivity contribution in [3.05, 3.63) is 48.4 Å². The summed E-state index contributed by atoms with van der Waals surface area (Å²) in [6, 6.07) is 7.70. The fraction of sp³-hybridized carbons (Fsp3) is 0.360. The Morgan fingerprint density at radius 1 is 1.37 bits per heavy atom. The third-order valence-corrected chi connectivity index (χ3v) is 6.19. The number of methoxy groups -OCH3 is 1. The molecule has 3 N–H and O–H groups in total. The zero-order valence-corrected chi connectivity index (χ0v) is 20.1.